The van der Waals surface area contributed by atoms with Crippen LogP contribution in [0.2, 0.25) is 0 Å². The molecule has 0 radical (unpaired) electrons. The minimum absolute atomic E-state index is 0.0226. The van der Waals surface area contributed by atoms with Crippen molar-refractivity contribution in [2.45, 2.75) is 45.2 Å². The number of pyridine rings is 1. The minimum atomic E-state index is -0.316. The number of amides is 2. The molecule has 2 aliphatic heterocycles. The van der Waals surface area contributed by atoms with Crippen LogP contribution in [0, 0.1) is 12.7 Å². The van der Waals surface area contributed by atoms with Crippen LogP contribution in [0.25, 0.3) is 0 Å². The number of halogens is 1. The molecule has 0 N–H and O–H groups in total. The highest BCUT2D eigenvalue weighted by atomic mass is 19.1. The van der Waals surface area contributed by atoms with Crippen LogP contribution in [0.3, 0.4) is 0 Å². The van der Waals surface area contributed by atoms with E-state index in [4.69, 9.17) is 9.97 Å². The van der Waals surface area contributed by atoms with Gasteiger partial charge in [0.25, 0.3) is 5.91 Å². The summed E-state index contributed by atoms with van der Waals surface area (Å²) in [5, 5.41) is 0. The minimum Gasteiger partial charge on any atom is -0.328 e. The van der Waals surface area contributed by atoms with Crippen molar-refractivity contribution in [3.63, 3.8) is 0 Å². The summed E-state index contributed by atoms with van der Waals surface area (Å²) in [6, 6.07) is 9.38. The second kappa shape index (κ2) is 8.69. The number of hydrogen-bond acceptors (Lipinski definition) is 5. The molecule has 0 saturated carbocycles. The van der Waals surface area contributed by atoms with Gasteiger partial charge >= 0.3 is 0 Å². The van der Waals surface area contributed by atoms with Gasteiger partial charge in [0.05, 0.1) is 18.2 Å². The van der Waals surface area contributed by atoms with Crippen LogP contribution >= 0.6 is 0 Å². The Morgan fingerprint density at radius 1 is 1.15 bits per heavy atom. The number of aryl methyl sites for hydroxylation is 1. The third kappa shape index (κ3) is 4.08. The Morgan fingerprint density at radius 2 is 1.97 bits per heavy atom. The molecule has 7 nitrogen and oxygen atoms in total. The summed E-state index contributed by atoms with van der Waals surface area (Å²) in [6.07, 6.45) is 5.79. The number of rotatable bonds is 4. The second-order valence-electron chi connectivity index (χ2n) is 8.47. The summed E-state index contributed by atoms with van der Waals surface area (Å²) in [5.41, 5.74) is 3.13. The van der Waals surface area contributed by atoms with Crippen LogP contribution in [0.1, 0.15) is 58.3 Å². The van der Waals surface area contributed by atoms with Crippen molar-refractivity contribution in [3.8, 4) is 0 Å². The first-order valence-electron chi connectivity index (χ1n) is 11.1. The van der Waals surface area contributed by atoms with Crippen LogP contribution in [0.15, 0.2) is 48.8 Å². The first kappa shape index (κ1) is 21.2. The monoisotopic (exact) mass is 445 g/mol. The summed E-state index contributed by atoms with van der Waals surface area (Å²) < 4.78 is 13.3. The van der Waals surface area contributed by atoms with Crippen molar-refractivity contribution in [3.05, 3.63) is 82.8 Å². The molecular formula is C25H24FN5O2. The van der Waals surface area contributed by atoms with Gasteiger partial charge in [-0.15, -0.1) is 0 Å². The largest absolute Gasteiger partial charge is 0.328 e. The number of carbonyl (C=O) groups is 2. The highest BCUT2D eigenvalue weighted by molar-refractivity contribution is 5.95. The van der Waals surface area contributed by atoms with E-state index in [2.05, 4.69) is 4.98 Å². The maximum atomic E-state index is 13.3. The summed E-state index contributed by atoms with van der Waals surface area (Å²) >= 11 is 0. The second-order valence-corrected chi connectivity index (χ2v) is 8.47. The molecule has 8 heteroatoms. The molecule has 33 heavy (non-hydrogen) atoms. The summed E-state index contributed by atoms with van der Waals surface area (Å²) in [7, 11) is 0. The van der Waals surface area contributed by atoms with Crippen LogP contribution < -0.4 is 4.90 Å². The molecule has 2 aliphatic rings. The average molecular weight is 445 g/mol. The molecule has 0 aliphatic carbocycles. The molecule has 168 valence electrons. The van der Waals surface area contributed by atoms with Crippen molar-refractivity contribution in [2.75, 3.05) is 11.4 Å². The van der Waals surface area contributed by atoms with Gasteiger partial charge < -0.3 is 4.90 Å². The number of fused-ring (bicyclic) bond motifs is 1. The number of nitrogens with zero attached hydrogens (tertiary/aromatic N) is 5. The predicted octanol–water partition coefficient (Wildman–Crippen LogP) is 3.78. The van der Waals surface area contributed by atoms with Gasteiger partial charge in [-0.05, 0) is 56.0 Å². The Bertz CT molecular complexity index is 1200. The van der Waals surface area contributed by atoms with Gasteiger partial charge in [-0.1, -0.05) is 12.1 Å². The molecule has 1 saturated heterocycles. The number of hydrogen-bond donors (Lipinski definition) is 0. The first-order chi connectivity index (χ1) is 16.0. The topological polar surface area (TPSA) is 79.3 Å². The maximum Gasteiger partial charge on any atom is 0.256 e. The average Bonchev–Trinajstić information content (AvgIpc) is 3.32. The van der Waals surface area contributed by atoms with Gasteiger partial charge in [0.1, 0.15) is 11.6 Å². The van der Waals surface area contributed by atoms with Gasteiger partial charge in [-0.2, -0.15) is 0 Å². The van der Waals surface area contributed by atoms with Gasteiger partial charge in [0, 0.05) is 36.6 Å². The normalized spacial score (nSPS) is 17.9. The molecule has 4 heterocycles. The molecular weight excluding hydrogens is 421 g/mol. The van der Waals surface area contributed by atoms with Crippen molar-refractivity contribution in [1.82, 2.24) is 19.9 Å². The number of likely N-dealkylation sites (tertiary alicyclic amines) is 1. The fourth-order valence-electron chi connectivity index (χ4n) is 4.62. The summed E-state index contributed by atoms with van der Waals surface area (Å²) in [4.78, 5) is 43.1. The van der Waals surface area contributed by atoms with E-state index < -0.39 is 0 Å². The third-order valence-electron chi connectivity index (χ3n) is 6.33. The highest BCUT2D eigenvalue weighted by Crippen LogP contribution is 2.35. The van der Waals surface area contributed by atoms with Crippen LogP contribution in [-0.2, 0) is 17.8 Å². The van der Waals surface area contributed by atoms with E-state index in [1.54, 1.807) is 46.5 Å². The molecule has 1 atom stereocenters. The number of carbonyl (C=O) groups excluding carboxylic acids is 2. The smallest absolute Gasteiger partial charge is 0.256 e. The SMILES string of the molecule is Cc1nc(C2CCCN2C(=O)c2cccnc2)nc2c1CCC(=O)N2Cc1ccc(F)cc1. The molecule has 1 fully saturated rings. The number of aromatic nitrogens is 3. The van der Waals surface area contributed by atoms with Crippen LogP contribution in [0.5, 0.6) is 0 Å². The van der Waals surface area contributed by atoms with E-state index in [9.17, 15) is 14.0 Å². The van der Waals surface area contributed by atoms with E-state index in [0.717, 1.165) is 29.7 Å². The quantitative estimate of drug-likeness (QED) is 0.611. The van der Waals surface area contributed by atoms with E-state index in [1.807, 2.05) is 6.92 Å². The molecule has 2 amide bonds. The lowest BCUT2D eigenvalue weighted by molar-refractivity contribution is -0.119. The zero-order chi connectivity index (χ0) is 22.9. The number of benzene rings is 1. The van der Waals surface area contributed by atoms with E-state index >= 15 is 0 Å². The van der Waals surface area contributed by atoms with Crippen molar-refractivity contribution in [1.29, 1.82) is 0 Å². The molecule has 3 aromatic rings. The van der Waals surface area contributed by atoms with Crippen molar-refractivity contribution in [2.24, 2.45) is 0 Å². The first-order valence-corrected chi connectivity index (χ1v) is 11.1. The molecule has 0 spiro atoms. The van der Waals surface area contributed by atoms with Crippen LogP contribution in [0.4, 0.5) is 10.2 Å². The standard InChI is InChI=1S/C25H24FN5O2/c1-16-20-10-11-22(32)31(15-17-6-8-19(26)9-7-17)24(20)29-23(28-16)21-5-3-13-30(21)25(33)18-4-2-12-27-14-18/h2,4,6-9,12,14,21H,3,5,10-11,13,15H2,1H3. The summed E-state index contributed by atoms with van der Waals surface area (Å²) in [5.74, 6) is 0.720. The van der Waals surface area contributed by atoms with Crippen LogP contribution in [-0.4, -0.2) is 38.2 Å². The van der Waals surface area contributed by atoms with Crippen molar-refractivity contribution < 1.29 is 14.0 Å². The molecule has 1 unspecified atom stereocenters. The molecule has 0 bridgehead atoms. The van der Waals surface area contributed by atoms with Gasteiger partial charge in [0.2, 0.25) is 5.91 Å². The fraction of sp³-hybridized carbons (Fsp3) is 0.320. The molecule has 1 aromatic carbocycles. The third-order valence-corrected chi connectivity index (χ3v) is 6.33. The van der Waals surface area contributed by atoms with Crippen molar-refractivity contribution >= 4 is 17.6 Å². The number of anilines is 1. The van der Waals surface area contributed by atoms with E-state index in [-0.39, 0.29) is 23.7 Å². The zero-order valence-electron chi connectivity index (χ0n) is 18.4. The Kier molecular flexibility index (Phi) is 5.58. The summed E-state index contributed by atoms with van der Waals surface area (Å²) in [6.45, 7) is 2.86. The van der Waals surface area contributed by atoms with E-state index in [0.29, 0.717) is 43.1 Å². The Hall–Kier alpha value is -3.68. The van der Waals surface area contributed by atoms with Gasteiger partial charge in [-0.25, -0.2) is 14.4 Å². The Morgan fingerprint density at radius 3 is 2.73 bits per heavy atom. The molecule has 5 rings (SSSR count). The van der Waals surface area contributed by atoms with Gasteiger partial charge in [0.15, 0.2) is 5.82 Å². The lowest BCUT2D eigenvalue weighted by Gasteiger charge is -2.31. The maximum absolute atomic E-state index is 13.3. The Labute approximate surface area is 191 Å². The Balaban J connectivity index is 1.49. The fourth-order valence-corrected chi connectivity index (χ4v) is 4.62. The van der Waals surface area contributed by atoms with Gasteiger partial charge in [-0.3, -0.25) is 19.5 Å². The lowest BCUT2D eigenvalue weighted by Crippen LogP contribution is -2.37. The van der Waals surface area contributed by atoms with E-state index in [1.165, 1.54) is 12.1 Å². The lowest BCUT2D eigenvalue weighted by atomic mass is 10.0. The zero-order valence-corrected chi connectivity index (χ0v) is 18.4. The highest BCUT2D eigenvalue weighted by Gasteiger charge is 2.35. The predicted molar refractivity (Wildman–Crippen MR) is 120 cm³/mol. The molecule has 2 aromatic heterocycles.